The first-order valence-electron chi connectivity index (χ1n) is 26.1. The molecule has 0 fully saturated rings. The third-order valence-corrected chi connectivity index (χ3v) is 14.9. The van der Waals surface area contributed by atoms with Crippen molar-refractivity contribution in [1.82, 2.24) is 24.5 Å². The normalized spacial score (nSPS) is 12.8. The third kappa shape index (κ3) is 8.62. The van der Waals surface area contributed by atoms with E-state index in [1.807, 2.05) is 6.20 Å². The van der Waals surface area contributed by atoms with Crippen LogP contribution in [0.5, 0.6) is 0 Å². The number of hydrogen-bond acceptors (Lipinski definition) is 6. The van der Waals surface area contributed by atoms with E-state index in [0.717, 1.165) is 67.1 Å². The first-order chi connectivity index (χ1) is 36.2. The highest BCUT2D eigenvalue weighted by Crippen LogP contribution is 2.51. The lowest BCUT2D eigenvalue weighted by atomic mass is 9.85. The summed E-state index contributed by atoms with van der Waals surface area (Å²) < 4.78 is 2.29. The molecule has 0 spiro atoms. The van der Waals surface area contributed by atoms with Crippen molar-refractivity contribution in [3.05, 3.63) is 222 Å². The Balaban J connectivity index is 1.05. The molecular formula is C68H61N7. The summed E-state index contributed by atoms with van der Waals surface area (Å²) >= 11 is 0. The van der Waals surface area contributed by atoms with E-state index in [4.69, 9.17) is 19.9 Å². The van der Waals surface area contributed by atoms with Crippen molar-refractivity contribution in [1.29, 1.82) is 0 Å². The number of hydrogen-bond donors (Lipinski definition) is 0. The van der Waals surface area contributed by atoms with Gasteiger partial charge < -0.3 is 9.80 Å². The molecule has 75 heavy (non-hydrogen) atoms. The predicted molar refractivity (Wildman–Crippen MR) is 313 cm³/mol. The minimum absolute atomic E-state index is 0.0487. The highest BCUT2D eigenvalue weighted by molar-refractivity contribution is 6.10. The molecule has 3 aromatic heterocycles. The summed E-state index contributed by atoms with van der Waals surface area (Å²) in [6.45, 7) is 20.7. The Bertz CT molecular complexity index is 3910. The molecule has 0 N–H and O–H groups in total. The molecule has 11 aromatic rings. The van der Waals surface area contributed by atoms with Crippen molar-refractivity contribution in [3.8, 4) is 62.2 Å². The summed E-state index contributed by atoms with van der Waals surface area (Å²) in [6.07, 6.45) is 1.93. The van der Waals surface area contributed by atoms with Crippen LogP contribution in [0, 0.1) is 20.8 Å². The van der Waals surface area contributed by atoms with Gasteiger partial charge in [0, 0.05) is 50.5 Å². The number of fused-ring (bicyclic) bond motifs is 4. The summed E-state index contributed by atoms with van der Waals surface area (Å²) in [4.78, 5) is 26.3. The van der Waals surface area contributed by atoms with Crippen molar-refractivity contribution in [2.75, 3.05) is 16.5 Å². The highest BCUT2D eigenvalue weighted by atomic mass is 15.4. The van der Waals surface area contributed by atoms with Crippen LogP contribution in [0.1, 0.15) is 69.4 Å². The number of pyridine rings is 1. The SMILES string of the molecule is Cc1cc(C)c(-c2nc(-c3cc(N4CN(c5c(-c6ccccc6)cccc5-c5ccccc5)c5ccccc54)cc(C(C)(C)C)c3)nc(-c3ccc4c5ccccc5n(-c5cc(C(C)(C)C)ccn5)c4c3)n2)c(C)c1. The fourth-order valence-electron chi connectivity index (χ4n) is 11.1. The lowest BCUT2D eigenvalue weighted by molar-refractivity contribution is 0.588. The zero-order valence-electron chi connectivity index (χ0n) is 44.3. The maximum atomic E-state index is 5.50. The quantitative estimate of drug-likeness (QED) is 0.151. The molecule has 0 aliphatic carbocycles. The second-order valence-electron chi connectivity index (χ2n) is 22.3. The monoisotopic (exact) mass is 975 g/mol. The average Bonchev–Trinajstić information content (AvgIpc) is 3.97. The van der Waals surface area contributed by atoms with Gasteiger partial charge in [0.1, 0.15) is 12.5 Å². The van der Waals surface area contributed by atoms with Crippen LogP contribution in [0.25, 0.3) is 84.0 Å². The molecule has 12 rings (SSSR count). The Kier molecular flexibility index (Phi) is 11.6. The molecule has 0 saturated carbocycles. The van der Waals surface area contributed by atoms with E-state index in [-0.39, 0.29) is 10.8 Å². The van der Waals surface area contributed by atoms with Gasteiger partial charge in [-0.05, 0) is 120 Å². The van der Waals surface area contributed by atoms with E-state index in [9.17, 15) is 0 Å². The maximum Gasteiger partial charge on any atom is 0.164 e. The molecule has 1 aliphatic rings. The van der Waals surface area contributed by atoms with Crippen molar-refractivity contribution in [2.45, 2.75) is 73.1 Å². The van der Waals surface area contributed by atoms with Gasteiger partial charge in [0.2, 0.25) is 0 Å². The Labute approximate surface area is 440 Å². The van der Waals surface area contributed by atoms with Crippen molar-refractivity contribution >= 4 is 44.6 Å². The van der Waals surface area contributed by atoms with Gasteiger partial charge in [-0.15, -0.1) is 0 Å². The molecule has 0 radical (unpaired) electrons. The molecule has 368 valence electrons. The summed E-state index contributed by atoms with van der Waals surface area (Å²) in [5, 5.41) is 2.31. The summed E-state index contributed by atoms with van der Waals surface area (Å²) in [6, 6.07) is 68.0. The van der Waals surface area contributed by atoms with Gasteiger partial charge in [0.25, 0.3) is 0 Å². The van der Waals surface area contributed by atoms with Crippen molar-refractivity contribution in [3.63, 3.8) is 0 Å². The minimum atomic E-state index is -0.205. The van der Waals surface area contributed by atoms with Gasteiger partial charge in [0.05, 0.1) is 28.1 Å². The Morgan fingerprint density at radius 2 is 1.00 bits per heavy atom. The minimum Gasteiger partial charge on any atom is -0.321 e. The van der Waals surface area contributed by atoms with Crippen molar-refractivity contribution < 1.29 is 0 Å². The van der Waals surface area contributed by atoms with Gasteiger partial charge in [0.15, 0.2) is 17.5 Å². The zero-order valence-corrected chi connectivity index (χ0v) is 44.3. The molecule has 7 nitrogen and oxygen atoms in total. The number of nitrogens with zero attached hydrogens (tertiary/aromatic N) is 7. The topological polar surface area (TPSA) is 63.0 Å². The number of anilines is 4. The van der Waals surface area contributed by atoms with E-state index in [1.165, 1.54) is 50.0 Å². The Morgan fingerprint density at radius 1 is 0.427 bits per heavy atom. The van der Waals surface area contributed by atoms with Crippen LogP contribution >= 0.6 is 0 Å². The zero-order chi connectivity index (χ0) is 51.8. The highest BCUT2D eigenvalue weighted by Gasteiger charge is 2.33. The Morgan fingerprint density at radius 3 is 1.65 bits per heavy atom. The van der Waals surface area contributed by atoms with E-state index >= 15 is 0 Å². The molecule has 7 heteroatoms. The van der Waals surface area contributed by atoms with Gasteiger partial charge in [-0.2, -0.15) is 0 Å². The standard InChI is InChI=1S/C68H61N7/c1-43-35-44(2)62(45(3)36-43)66-71-64(48-31-32-56-55-25-16-17-28-57(55)75(60(56)39-48)61-41-50(33-34-69-61)67(4,5)6)70-65(72-66)49-37-51(68(7,8)9)40-52(38-49)73-42-74(59-30-19-18-29-58(59)73)63-53(46-21-12-10-13-22-46)26-20-27-54(63)47-23-14-11-15-24-47/h10-41H,42H2,1-9H3. The molecule has 0 amide bonds. The number of benzene rings is 8. The van der Waals surface area contributed by atoms with E-state index in [0.29, 0.717) is 24.1 Å². The number of aryl methyl sites for hydroxylation is 3. The smallest absolute Gasteiger partial charge is 0.164 e. The summed E-state index contributed by atoms with van der Waals surface area (Å²) in [5.41, 5.74) is 19.8. The maximum absolute atomic E-state index is 5.50. The third-order valence-electron chi connectivity index (χ3n) is 14.9. The van der Waals surface area contributed by atoms with Gasteiger partial charge in [-0.1, -0.05) is 181 Å². The average molecular weight is 976 g/mol. The molecule has 0 atom stereocenters. The lowest BCUT2D eigenvalue weighted by Crippen LogP contribution is -2.25. The van der Waals surface area contributed by atoms with Gasteiger partial charge in [-0.3, -0.25) is 4.57 Å². The van der Waals surface area contributed by atoms with Crippen molar-refractivity contribution in [2.24, 2.45) is 0 Å². The predicted octanol–water partition coefficient (Wildman–Crippen LogP) is 17.5. The van der Waals surface area contributed by atoms with Crippen LogP contribution < -0.4 is 9.80 Å². The molecular weight excluding hydrogens is 915 g/mol. The number of aromatic nitrogens is 5. The first-order valence-corrected chi connectivity index (χ1v) is 26.1. The molecule has 0 bridgehead atoms. The fraction of sp³-hybridized carbons (Fsp3) is 0.176. The second-order valence-corrected chi connectivity index (χ2v) is 22.3. The lowest BCUT2D eigenvalue weighted by Gasteiger charge is -2.28. The van der Waals surface area contributed by atoms with Crippen LogP contribution in [0.3, 0.4) is 0 Å². The summed E-state index contributed by atoms with van der Waals surface area (Å²) in [7, 11) is 0. The number of rotatable bonds is 8. The van der Waals surface area contributed by atoms with E-state index < -0.39 is 0 Å². The molecule has 0 unspecified atom stereocenters. The fourth-order valence-corrected chi connectivity index (χ4v) is 11.1. The van der Waals surface area contributed by atoms with Crippen LogP contribution in [0.4, 0.5) is 22.7 Å². The summed E-state index contributed by atoms with van der Waals surface area (Å²) in [5.74, 6) is 2.75. The van der Waals surface area contributed by atoms with Crippen LogP contribution in [0.15, 0.2) is 194 Å². The molecule has 4 heterocycles. The largest absolute Gasteiger partial charge is 0.321 e. The van der Waals surface area contributed by atoms with E-state index in [1.54, 1.807) is 0 Å². The Hall–Kier alpha value is -8.68. The number of para-hydroxylation sites is 4. The van der Waals surface area contributed by atoms with Crippen LogP contribution in [0.2, 0.25) is 0 Å². The second kappa shape index (κ2) is 18.4. The van der Waals surface area contributed by atoms with Crippen LogP contribution in [-0.4, -0.2) is 31.2 Å². The molecule has 0 saturated heterocycles. The van der Waals surface area contributed by atoms with Crippen LogP contribution in [-0.2, 0) is 10.8 Å². The van der Waals surface area contributed by atoms with E-state index in [2.05, 4.69) is 265 Å². The van der Waals surface area contributed by atoms with Gasteiger partial charge >= 0.3 is 0 Å². The molecule has 1 aliphatic heterocycles. The molecule has 8 aromatic carbocycles. The van der Waals surface area contributed by atoms with Gasteiger partial charge in [-0.25, -0.2) is 19.9 Å². The first kappa shape index (κ1) is 47.3.